The Kier molecular flexibility index (Phi) is 6.39. The van der Waals surface area contributed by atoms with E-state index in [1.54, 1.807) is 22.9 Å². The Balaban J connectivity index is 1.38. The molecule has 8 heteroatoms. The van der Waals surface area contributed by atoms with Crippen molar-refractivity contribution in [2.24, 2.45) is 0 Å². The van der Waals surface area contributed by atoms with E-state index in [9.17, 15) is 4.79 Å². The number of benzene rings is 2. The van der Waals surface area contributed by atoms with Gasteiger partial charge in [-0.1, -0.05) is 41.4 Å². The van der Waals surface area contributed by atoms with Crippen LogP contribution in [0.25, 0.3) is 16.7 Å². The molecule has 0 unspecified atom stereocenters. The summed E-state index contributed by atoms with van der Waals surface area (Å²) in [7, 11) is 0. The first-order valence-corrected chi connectivity index (χ1v) is 10.6. The molecule has 0 saturated carbocycles. The van der Waals surface area contributed by atoms with Gasteiger partial charge in [-0.25, -0.2) is 4.98 Å². The molecule has 2 aromatic heterocycles. The quantitative estimate of drug-likeness (QED) is 0.356. The molecule has 4 rings (SSSR count). The van der Waals surface area contributed by atoms with Crippen molar-refractivity contribution >= 4 is 45.8 Å². The smallest absolute Gasteiger partial charge is 0.225 e. The number of hydrogen-bond donors (Lipinski definition) is 1. The Morgan fingerprint density at radius 2 is 1.94 bits per heavy atom. The summed E-state index contributed by atoms with van der Waals surface area (Å²) in [6, 6.07) is 18.6. The molecule has 6 nitrogen and oxygen atoms in total. The number of anilines is 1. The van der Waals surface area contributed by atoms with Crippen molar-refractivity contribution in [2.75, 3.05) is 11.9 Å². The number of rotatable bonds is 7. The summed E-state index contributed by atoms with van der Waals surface area (Å²) in [5.41, 5.74) is 1.65. The Morgan fingerprint density at radius 1 is 1.10 bits per heavy atom. The molecule has 1 amide bonds. The van der Waals surface area contributed by atoms with Crippen molar-refractivity contribution < 1.29 is 9.53 Å². The minimum absolute atomic E-state index is 0.132. The molecular weight excluding hydrogens is 435 g/mol. The number of hydrogen-bond acceptors (Lipinski definition) is 4. The van der Waals surface area contributed by atoms with Gasteiger partial charge in [-0.05, 0) is 49.7 Å². The molecule has 158 valence electrons. The number of nitrogens with one attached hydrogen (secondary N) is 1. The van der Waals surface area contributed by atoms with Crippen molar-refractivity contribution in [3.63, 3.8) is 0 Å². The van der Waals surface area contributed by atoms with Crippen LogP contribution in [0.15, 0.2) is 60.7 Å². The third-order valence-corrected chi connectivity index (χ3v) is 5.13. The fraction of sp³-hybridized carbons (Fsp3) is 0.174. The highest BCUT2D eigenvalue weighted by Gasteiger charge is 2.12. The van der Waals surface area contributed by atoms with Gasteiger partial charge in [0.1, 0.15) is 11.6 Å². The summed E-state index contributed by atoms with van der Waals surface area (Å²) in [5, 5.41) is 9.43. The van der Waals surface area contributed by atoms with Crippen molar-refractivity contribution in [2.45, 2.75) is 19.8 Å². The number of para-hydroxylation sites is 1. The second-order valence-electron chi connectivity index (χ2n) is 7.02. The molecule has 4 aromatic rings. The van der Waals surface area contributed by atoms with Crippen LogP contribution in [0.1, 0.15) is 18.5 Å². The molecule has 0 bridgehead atoms. The Labute approximate surface area is 189 Å². The van der Waals surface area contributed by atoms with E-state index in [-0.39, 0.29) is 5.91 Å². The lowest BCUT2D eigenvalue weighted by molar-refractivity contribution is -0.116. The molecule has 2 aromatic carbocycles. The zero-order valence-corrected chi connectivity index (χ0v) is 18.3. The number of halogens is 2. The fourth-order valence-electron chi connectivity index (χ4n) is 3.15. The van der Waals surface area contributed by atoms with Crippen LogP contribution in [-0.2, 0) is 4.79 Å². The lowest BCUT2D eigenvalue weighted by Crippen LogP contribution is -2.16. The van der Waals surface area contributed by atoms with Crippen LogP contribution in [0.4, 0.5) is 5.82 Å². The number of fused-ring (bicyclic) bond motifs is 1. The second-order valence-corrected chi connectivity index (χ2v) is 7.86. The first-order valence-electron chi connectivity index (χ1n) is 9.80. The molecule has 31 heavy (non-hydrogen) atoms. The van der Waals surface area contributed by atoms with Gasteiger partial charge in [-0.3, -0.25) is 4.79 Å². The normalized spacial score (nSPS) is 10.9. The van der Waals surface area contributed by atoms with Crippen LogP contribution >= 0.6 is 23.2 Å². The molecule has 0 aliphatic heterocycles. The van der Waals surface area contributed by atoms with E-state index >= 15 is 0 Å². The van der Waals surface area contributed by atoms with Crippen LogP contribution < -0.4 is 10.1 Å². The molecule has 1 N–H and O–H groups in total. The topological polar surface area (TPSA) is 69.0 Å². The molecule has 0 spiro atoms. The Morgan fingerprint density at radius 3 is 2.77 bits per heavy atom. The van der Waals surface area contributed by atoms with Crippen molar-refractivity contribution in [1.29, 1.82) is 0 Å². The van der Waals surface area contributed by atoms with Gasteiger partial charge in [0.15, 0.2) is 5.82 Å². The molecule has 0 fully saturated rings. The minimum Gasteiger partial charge on any atom is -0.492 e. The van der Waals surface area contributed by atoms with Crippen LogP contribution in [0, 0.1) is 6.92 Å². The molecule has 0 aliphatic rings. The minimum atomic E-state index is -0.132. The maximum absolute atomic E-state index is 12.5. The predicted octanol–water partition coefficient (Wildman–Crippen LogP) is 5.83. The highest BCUT2D eigenvalue weighted by molar-refractivity contribution is 6.35. The van der Waals surface area contributed by atoms with Crippen LogP contribution in [0.3, 0.4) is 0 Å². The van der Waals surface area contributed by atoms with Crippen LogP contribution in [0.2, 0.25) is 10.0 Å². The van der Waals surface area contributed by atoms with E-state index in [1.807, 2.05) is 49.4 Å². The first-order chi connectivity index (χ1) is 15.0. The van der Waals surface area contributed by atoms with Gasteiger partial charge in [0.05, 0.1) is 22.8 Å². The number of ether oxygens (including phenoxy) is 1. The summed E-state index contributed by atoms with van der Waals surface area (Å²) in [4.78, 5) is 17.1. The maximum atomic E-state index is 12.5. The molecule has 0 aliphatic carbocycles. The van der Waals surface area contributed by atoms with Gasteiger partial charge in [0.25, 0.3) is 0 Å². The zero-order valence-electron chi connectivity index (χ0n) is 16.8. The number of carbonyl (C=O) groups is 1. The van der Waals surface area contributed by atoms with Gasteiger partial charge in [-0.15, -0.1) is 0 Å². The SMILES string of the molecule is Cc1cc(NC(=O)CCCOc2ccc(Cl)cc2Cl)n(-c2ccc3ccccc3n2)n1. The predicted molar refractivity (Wildman–Crippen MR) is 123 cm³/mol. The number of pyridine rings is 1. The lowest BCUT2D eigenvalue weighted by Gasteiger charge is -2.10. The average Bonchev–Trinajstić information content (AvgIpc) is 3.12. The number of carbonyl (C=O) groups excluding carboxylic acids is 1. The largest absolute Gasteiger partial charge is 0.492 e. The van der Waals surface area contributed by atoms with Gasteiger partial charge >= 0.3 is 0 Å². The van der Waals surface area contributed by atoms with E-state index in [2.05, 4.69) is 15.4 Å². The summed E-state index contributed by atoms with van der Waals surface area (Å²) >= 11 is 12.0. The van der Waals surface area contributed by atoms with Crippen molar-refractivity contribution in [3.8, 4) is 11.6 Å². The summed E-state index contributed by atoms with van der Waals surface area (Å²) in [6.07, 6.45) is 0.826. The summed E-state index contributed by atoms with van der Waals surface area (Å²) in [5.74, 6) is 1.63. The number of amides is 1. The molecule has 0 atom stereocenters. The third kappa shape index (κ3) is 5.16. The Hall–Kier alpha value is -3.09. The third-order valence-electron chi connectivity index (χ3n) is 4.60. The van der Waals surface area contributed by atoms with E-state index in [0.29, 0.717) is 46.9 Å². The van der Waals surface area contributed by atoms with E-state index < -0.39 is 0 Å². The summed E-state index contributed by atoms with van der Waals surface area (Å²) in [6.45, 7) is 2.23. The monoisotopic (exact) mass is 454 g/mol. The van der Waals surface area contributed by atoms with Crippen molar-refractivity contribution in [1.82, 2.24) is 14.8 Å². The second kappa shape index (κ2) is 9.37. The molecule has 0 saturated heterocycles. The van der Waals surface area contributed by atoms with Crippen LogP contribution in [-0.4, -0.2) is 27.3 Å². The van der Waals surface area contributed by atoms with Gasteiger partial charge < -0.3 is 10.1 Å². The zero-order chi connectivity index (χ0) is 21.8. The van der Waals surface area contributed by atoms with Crippen LogP contribution in [0.5, 0.6) is 5.75 Å². The first kappa shape index (κ1) is 21.2. The molecular formula is C23H20Cl2N4O2. The van der Waals surface area contributed by atoms with E-state index in [4.69, 9.17) is 27.9 Å². The van der Waals surface area contributed by atoms with E-state index in [0.717, 1.165) is 16.6 Å². The fourth-order valence-corrected chi connectivity index (χ4v) is 3.61. The number of aryl methyl sites for hydroxylation is 1. The average molecular weight is 455 g/mol. The lowest BCUT2D eigenvalue weighted by atomic mass is 10.2. The number of aromatic nitrogens is 3. The van der Waals surface area contributed by atoms with Crippen molar-refractivity contribution in [3.05, 3.63) is 76.4 Å². The summed E-state index contributed by atoms with van der Waals surface area (Å²) < 4.78 is 7.27. The van der Waals surface area contributed by atoms with Gasteiger partial charge in [0.2, 0.25) is 5.91 Å². The molecule has 0 radical (unpaired) electrons. The molecule has 2 heterocycles. The highest BCUT2D eigenvalue weighted by Crippen LogP contribution is 2.27. The van der Waals surface area contributed by atoms with Gasteiger partial charge in [-0.2, -0.15) is 9.78 Å². The van der Waals surface area contributed by atoms with Gasteiger partial charge in [0, 0.05) is 22.9 Å². The standard InChI is InChI=1S/C23H20Cl2N4O2/c1-15-13-22(29(28-15)21-11-8-16-5-2-3-6-19(16)26-21)27-23(30)7-4-12-31-20-10-9-17(24)14-18(20)25/h2-3,5-6,8-11,13-14H,4,7,12H2,1H3,(H,27,30). The van der Waals surface area contributed by atoms with E-state index in [1.165, 1.54) is 0 Å². The maximum Gasteiger partial charge on any atom is 0.225 e. The highest BCUT2D eigenvalue weighted by atomic mass is 35.5. The number of nitrogens with zero attached hydrogens (tertiary/aromatic N) is 3. The Bertz CT molecular complexity index is 1240.